The van der Waals surface area contributed by atoms with Crippen LogP contribution in [0.3, 0.4) is 0 Å². The molecular weight excluding hydrogens is 220 g/mol. The van der Waals surface area contributed by atoms with E-state index >= 15 is 0 Å². The molecule has 0 saturated heterocycles. The molecule has 2 aromatic carbocycles. The highest BCUT2D eigenvalue weighted by Gasteiger charge is 2.08. The predicted octanol–water partition coefficient (Wildman–Crippen LogP) is 4.15. The lowest BCUT2D eigenvalue weighted by molar-refractivity contribution is 0.266. The Kier molecular flexibility index (Phi) is 4.83. The zero-order valence-electron chi connectivity index (χ0n) is 10.8. The molecule has 1 heteroatoms. The molecule has 0 saturated carbocycles. The summed E-state index contributed by atoms with van der Waals surface area (Å²) in [7, 11) is 0. The van der Waals surface area contributed by atoms with Crippen LogP contribution in [0.4, 0.5) is 0 Å². The molecule has 0 unspecified atom stereocenters. The summed E-state index contributed by atoms with van der Waals surface area (Å²) in [5.41, 5.74) is 1.36. The molecule has 1 radical (unpaired) electrons. The van der Waals surface area contributed by atoms with Crippen LogP contribution in [0.15, 0.2) is 60.7 Å². The van der Waals surface area contributed by atoms with Crippen LogP contribution in [-0.4, -0.2) is 6.61 Å². The highest BCUT2D eigenvalue weighted by Crippen LogP contribution is 2.15. The van der Waals surface area contributed by atoms with Crippen LogP contribution < -0.4 is 4.74 Å². The number of hydrogen-bond donors (Lipinski definition) is 0. The normalized spacial score (nSPS) is 12.1. The van der Waals surface area contributed by atoms with Crippen molar-refractivity contribution in [2.75, 3.05) is 6.61 Å². The molecule has 1 atom stereocenters. The molecule has 93 valence electrons. The van der Waals surface area contributed by atoms with Gasteiger partial charge < -0.3 is 4.74 Å². The van der Waals surface area contributed by atoms with Gasteiger partial charge in [0.05, 0.1) is 6.61 Å². The maximum Gasteiger partial charge on any atom is 0.119 e. The Bertz CT molecular complexity index is 436. The van der Waals surface area contributed by atoms with Gasteiger partial charge in [0.25, 0.3) is 0 Å². The first-order chi connectivity index (χ1) is 8.88. The number of ether oxygens (including phenoxy) is 1. The third-order valence-electron chi connectivity index (χ3n) is 3.02. The summed E-state index contributed by atoms with van der Waals surface area (Å²) in [6.45, 7) is 2.83. The van der Waals surface area contributed by atoms with Crippen molar-refractivity contribution in [3.8, 4) is 5.75 Å². The SMILES string of the molecule is C[CH][C@@H](COc1ccccc1)Cc1ccccc1. The van der Waals surface area contributed by atoms with Crippen LogP contribution in [-0.2, 0) is 6.42 Å². The van der Waals surface area contributed by atoms with Gasteiger partial charge in [-0.2, -0.15) is 0 Å². The fraction of sp³-hybridized carbons (Fsp3) is 0.235. The average Bonchev–Trinajstić information content (AvgIpc) is 2.45. The summed E-state index contributed by atoms with van der Waals surface area (Å²) in [4.78, 5) is 0. The summed E-state index contributed by atoms with van der Waals surface area (Å²) in [5, 5.41) is 0. The van der Waals surface area contributed by atoms with E-state index in [-0.39, 0.29) is 0 Å². The van der Waals surface area contributed by atoms with Crippen molar-refractivity contribution < 1.29 is 4.74 Å². The van der Waals surface area contributed by atoms with E-state index in [1.807, 2.05) is 30.3 Å². The van der Waals surface area contributed by atoms with E-state index in [9.17, 15) is 0 Å². The Morgan fingerprint density at radius 1 is 0.944 bits per heavy atom. The smallest absolute Gasteiger partial charge is 0.119 e. The lowest BCUT2D eigenvalue weighted by atomic mass is 9.98. The number of benzene rings is 2. The molecule has 1 nitrogen and oxygen atoms in total. The summed E-state index contributed by atoms with van der Waals surface area (Å²) in [6, 6.07) is 20.5. The van der Waals surface area contributed by atoms with Gasteiger partial charge in [-0.25, -0.2) is 0 Å². The van der Waals surface area contributed by atoms with Crippen molar-refractivity contribution in [1.82, 2.24) is 0 Å². The molecule has 0 amide bonds. The zero-order valence-corrected chi connectivity index (χ0v) is 10.8. The van der Waals surface area contributed by atoms with E-state index in [2.05, 4.69) is 43.7 Å². The first kappa shape index (κ1) is 12.7. The van der Waals surface area contributed by atoms with Crippen molar-refractivity contribution in [3.63, 3.8) is 0 Å². The Morgan fingerprint density at radius 2 is 1.56 bits per heavy atom. The Labute approximate surface area is 109 Å². The first-order valence-corrected chi connectivity index (χ1v) is 6.39. The second-order valence-corrected chi connectivity index (χ2v) is 4.41. The van der Waals surface area contributed by atoms with E-state index in [1.165, 1.54) is 5.56 Å². The lowest BCUT2D eigenvalue weighted by Crippen LogP contribution is -2.14. The number of hydrogen-bond acceptors (Lipinski definition) is 1. The Balaban J connectivity index is 1.86. The molecule has 0 aliphatic heterocycles. The van der Waals surface area contributed by atoms with E-state index in [1.54, 1.807) is 0 Å². The van der Waals surface area contributed by atoms with Crippen LogP contribution in [0.25, 0.3) is 0 Å². The predicted molar refractivity (Wildman–Crippen MR) is 75.5 cm³/mol. The van der Waals surface area contributed by atoms with Crippen molar-refractivity contribution >= 4 is 0 Å². The molecular formula is C17H19O. The highest BCUT2D eigenvalue weighted by molar-refractivity contribution is 5.21. The Hall–Kier alpha value is -1.76. The molecule has 0 aromatic heterocycles. The zero-order chi connectivity index (χ0) is 12.6. The van der Waals surface area contributed by atoms with Gasteiger partial charge in [-0.15, -0.1) is 0 Å². The molecule has 0 N–H and O–H groups in total. The second kappa shape index (κ2) is 6.85. The quantitative estimate of drug-likeness (QED) is 0.736. The Morgan fingerprint density at radius 3 is 2.17 bits per heavy atom. The van der Waals surface area contributed by atoms with Gasteiger partial charge in [-0.3, -0.25) is 0 Å². The maximum atomic E-state index is 5.80. The molecule has 18 heavy (non-hydrogen) atoms. The van der Waals surface area contributed by atoms with Gasteiger partial charge in [-0.05, 0) is 36.5 Å². The molecule has 0 aliphatic carbocycles. The van der Waals surface area contributed by atoms with Gasteiger partial charge in [-0.1, -0.05) is 55.5 Å². The molecule has 0 fully saturated rings. The molecule has 2 rings (SSSR count). The van der Waals surface area contributed by atoms with Crippen molar-refractivity contribution in [2.24, 2.45) is 5.92 Å². The minimum Gasteiger partial charge on any atom is -0.493 e. The summed E-state index contributed by atoms with van der Waals surface area (Å²) in [6.07, 6.45) is 3.25. The molecule has 0 spiro atoms. The maximum absolute atomic E-state index is 5.80. The number of rotatable bonds is 6. The van der Waals surface area contributed by atoms with E-state index in [0.29, 0.717) is 5.92 Å². The molecule has 2 aromatic rings. The summed E-state index contributed by atoms with van der Waals surface area (Å²) in [5.74, 6) is 1.39. The van der Waals surface area contributed by atoms with Gasteiger partial charge in [0.2, 0.25) is 0 Å². The minimum absolute atomic E-state index is 0.451. The minimum atomic E-state index is 0.451. The molecule has 0 heterocycles. The first-order valence-electron chi connectivity index (χ1n) is 6.39. The molecule has 0 bridgehead atoms. The van der Waals surface area contributed by atoms with Crippen LogP contribution >= 0.6 is 0 Å². The van der Waals surface area contributed by atoms with Crippen LogP contribution in [0.1, 0.15) is 12.5 Å². The summed E-state index contributed by atoms with van der Waals surface area (Å²) >= 11 is 0. The monoisotopic (exact) mass is 239 g/mol. The number of para-hydroxylation sites is 1. The van der Waals surface area contributed by atoms with E-state index in [4.69, 9.17) is 4.74 Å². The van der Waals surface area contributed by atoms with Gasteiger partial charge in [0.15, 0.2) is 0 Å². The van der Waals surface area contributed by atoms with Crippen molar-refractivity contribution in [2.45, 2.75) is 13.3 Å². The molecule has 0 aliphatic rings. The lowest BCUT2D eigenvalue weighted by Gasteiger charge is -2.15. The fourth-order valence-electron chi connectivity index (χ4n) is 1.91. The van der Waals surface area contributed by atoms with Crippen molar-refractivity contribution in [1.29, 1.82) is 0 Å². The second-order valence-electron chi connectivity index (χ2n) is 4.41. The van der Waals surface area contributed by atoms with Gasteiger partial charge in [0.1, 0.15) is 5.75 Å². The highest BCUT2D eigenvalue weighted by atomic mass is 16.5. The van der Waals surface area contributed by atoms with Crippen molar-refractivity contribution in [3.05, 3.63) is 72.6 Å². The topological polar surface area (TPSA) is 9.23 Å². The van der Waals surface area contributed by atoms with Crippen LogP contribution in [0.5, 0.6) is 5.75 Å². The van der Waals surface area contributed by atoms with Gasteiger partial charge >= 0.3 is 0 Å². The third-order valence-corrected chi connectivity index (χ3v) is 3.02. The van der Waals surface area contributed by atoms with E-state index < -0.39 is 0 Å². The van der Waals surface area contributed by atoms with Crippen LogP contribution in [0.2, 0.25) is 0 Å². The third kappa shape index (κ3) is 3.92. The van der Waals surface area contributed by atoms with Gasteiger partial charge in [0, 0.05) is 0 Å². The average molecular weight is 239 g/mol. The van der Waals surface area contributed by atoms with Crippen LogP contribution in [0, 0.1) is 12.3 Å². The fourth-order valence-corrected chi connectivity index (χ4v) is 1.91. The standard InChI is InChI=1S/C17H19O/c1-2-15(13-16-9-5-3-6-10-16)14-18-17-11-7-4-8-12-17/h2-12,15H,13-14H2,1H3/t15-/m1/s1. The van der Waals surface area contributed by atoms with E-state index in [0.717, 1.165) is 18.8 Å². The largest absolute Gasteiger partial charge is 0.493 e. The summed E-state index contributed by atoms with van der Waals surface area (Å²) < 4.78 is 5.80.